The highest BCUT2D eigenvalue weighted by molar-refractivity contribution is 7.89. The molecule has 7 heteroatoms. The van der Waals surface area contributed by atoms with Crippen LogP contribution in [0.2, 0.25) is 0 Å². The van der Waals surface area contributed by atoms with Gasteiger partial charge in [-0.2, -0.15) is 0 Å². The number of benzene rings is 2. The van der Waals surface area contributed by atoms with Gasteiger partial charge in [0.2, 0.25) is 10.0 Å². The van der Waals surface area contributed by atoms with Gasteiger partial charge in [-0.1, -0.05) is 35.9 Å². The Hall–Kier alpha value is -2.77. The van der Waals surface area contributed by atoms with Gasteiger partial charge in [0.25, 0.3) is 5.91 Å². The molecule has 2 aromatic carbocycles. The van der Waals surface area contributed by atoms with Crippen molar-refractivity contribution in [1.82, 2.24) is 15.0 Å². The molecule has 3 aromatic rings. The minimum absolute atomic E-state index is 0.101. The summed E-state index contributed by atoms with van der Waals surface area (Å²) in [6.07, 6.45) is 0. The number of fused-ring (bicyclic) bond motifs is 1. The molecule has 6 nitrogen and oxygen atoms in total. The van der Waals surface area contributed by atoms with Gasteiger partial charge in [0.1, 0.15) is 0 Å². The molecule has 0 aliphatic carbocycles. The molecular weight excluding hydrogens is 362 g/mol. The topological polar surface area (TPSA) is 88.2 Å². The molecule has 27 heavy (non-hydrogen) atoms. The number of rotatable bonds is 6. The third kappa shape index (κ3) is 4.50. The van der Waals surface area contributed by atoms with Gasteiger partial charge in [-0.05, 0) is 38.1 Å². The second-order valence-corrected chi connectivity index (χ2v) is 8.06. The highest BCUT2D eigenvalue weighted by atomic mass is 32.2. The van der Waals surface area contributed by atoms with Gasteiger partial charge in [-0.25, -0.2) is 13.1 Å². The highest BCUT2D eigenvalue weighted by Crippen LogP contribution is 2.18. The fraction of sp³-hybridized carbons (Fsp3) is 0.200. The summed E-state index contributed by atoms with van der Waals surface area (Å²) in [5.41, 5.74) is 3.02. The molecule has 0 saturated heterocycles. The molecule has 0 bridgehead atoms. The second-order valence-electron chi connectivity index (χ2n) is 6.30. The van der Waals surface area contributed by atoms with Gasteiger partial charge < -0.3 is 5.32 Å². The summed E-state index contributed by atoms with van der Waals surface area (Å²) < 4.78 is 27.0. The molecular formula is C20H21N3O3S. The van der Waals surface area contributed by atoms with E-state index in [9.17, 15) is 13.2 Å². The lowest BCUT2D eigenvalue weighted by atomic mass is 10.1. The van der Waals surface area contributed by atoms with Crippen LogP contribution in [0, 0.1) is 13.8 Å². The van der Waals surface area contributed by atoms with E-state index in [4.69, 9.17) is 0 Å². The number of aromatic nitrogens is 1. The Morgan fingerprint density at radius 2 is 1.70 bits per heavy atom. The zero-order valence-corrected chi connectivity index (χ0v) is 16.0. The first-order valence-electron chi connectivity index (χ1n) is 8.58. The monoisotopic (exact) mass is 383 g/mol. The quantitative estimate of drug-likeness (QED) is 0.641. The number of nitrogens with zero attached hydrogens (tertiary/aromatic N) is 1. The summed E-state index contributed by atoms with van der Waals surface area (Å²) in [6.45, 7) is 4.01. The van der Waals surface area contributed by atoms with Crippen molar-refractivity contribution in [3.05, 3.63) is 71.4 Å². The molecule has 0 aliphatic rings. The number of carbonyl (C=O) groups excluding carboxylic acids is 1. The molecule has 1 heterocycles. The second kappa shape index (κ2) is 7.85. The minimum atomic E-state index is -3.59. The molecule has 2 N–H and O–H groups in total. The highest BCUT2D eigenvalue weighted by Gasteiger charge is 2.14. The summed E-state index contributed by atoms with van der Waals surface area (Å²) in [7, 11) is -3.59. The summed E-state index contributed by atoms with van der Waals surface area (Å²) in [4.78, 5) is 17.1. The van der Waals surface area contributed by atoms with Crippen molar-refractivity contribution in [2.24, 2.45) is 0 Å². The Balaban J connectivity index is 1.63. The van der Waals surface area contributed by atoms with Crippen LogP contribution in [0.5, 0.6) is 0 Å². The lowest BCUT2D eigenvalue weighted by molar-refractivity contribution is 0.0956. The van der Waals surface area contributed by atoms with E-state index in [2.05, 4.69) is 15.0 Å². The molecule has 0 radical (unpaired) electrons. The fourth-order valence-electron chi connectivity index (χ4n) is 2.75. The van der Waals surface area contributed by atoms with Crippen LogP contribution in [0.3, 0.4) is 0 Å². The Labute approximate surface area is 158 Å². The van der Waals surface area contributed by atoms with E-state index in [1.807, 2.05) is 38.1 Å². The number of sulfonamides is 1. The van der Waals surface area contributed by atoms with Crippen LogP contribution in [-0.4, -0.2) is 32.4 Å². The van der Waals surface area contributed by atoms with E-state index >= 15 is 0 Å². The molecule has 0 aliphatic heterocycles. The molecule has 1 aromatic heterocycles. The summed E-state index contributed by atoms with van der Waals surface area (Å²) in [5.74, 6) is -0.258. The molecule has 1 amide bonds. The average Bonchev–Trinajstić information content (AvgIpc) is 2.64. The molecule has 140 valence electrons. The lowest BCUT2D eigenvalue weighted by Gasteiger charge is -2.10. The molecule has 3 rings (SSSR count). The number of carbonyl (C=O) groups is 1. The predicted octanol–water partition coefficient (Wildman–Crippen LogP) is 2.56. The maximum Gasteiger partial charge on any atom is 0.252 e. The van der Waals surface area contributed by atoms with Crippen LogP contribution in [0.15, 0.2) is 59.5 Å². The first-order valence-corrected chi connectivity index (χ1v) is 10.1. The Bertz CT molecular complexity index is 1080. The SMILES string of the molecule is Cc1ccc(S(=O)(=O)NCCNC(=O)c2cc(C)nc3ccccc23)cc1. The largest absolute Gasteiger partial charge is 0.351 e. The van der Waals surface area contributed by atoms with Crippen LogP contribution in [-0.2, 0) is 10.0 Å². The average molecular weight is 383 g/mol. The number of hydrogen-bond acceptors (Lipinski definition) is 4. The molecule has 0 spiro atoms. The predicted molar refractivity (Wildman–Crippen MR) is 105 cm³/mol. The Morgan fingerprint density at radius 1 is 1.00 bits per heavy atom. The van der Waals surface area contributed by atoms with Crippen LogP contribution in [0.25, 0.3) is 10.9 Å². The van der Waals surface area contributed by atoms with Gasteiger partial charge in [-0.3, -0.25) is 9.78 Å². The first-order chi connectivity index (χ1) is 12.9. The van der Waals surface area contributed by atoms with Crippen molar-refractivity contribution in [2.75, 3.05) is 13.1 Å². The number of aryl methyl sites for hydroxylation is 2. The fourth-order valence-corrected chi connectivity index (χ4v) is 3.78. The van der Waals surface area contributed by atoms with E-state index in [1.54, 1.807) is 30.3 Å². The minimum Gasteiger partial charge on any atom is -0.351 e. The van der Waals surface area contributed by atoms with Crippen LogP contribution in [0.4, 0.5) is 0 Å². The van der Waals surface area contributed by atoms with Gasteiger partial charge in [0, 0.05) is 24.2 Å². The molecule has 0 atom stereocenters. The van der Waals surface area contributed by atoms with E-state index in [0.29, 0.717) is 5.56 Å². The third-order valence-corrected chi connectivity index (χ3v) is 5.60. The van der Waals surface area contributed by atoms with Crippen molar-refractivity contribution in [3.63, 3.8) is 0 Å². The van der Waals surface area contributed by atoms with E-state index in [0.717, 1.165) is 22.2 Å². The number of nitrogens with one attached hydrogen (secondary N) is 2. The Morgan fingerprint density at radius 3 is 2.44 bits per heavy atom. The van der Waals surface area contributed by atoms with Crippen LogP contribution >= 0.6 is 0 Å². The summed E-state index contributed by atoms with van der Waals surface area (Å²) >= 11 is 0. The smallest absolute Gasteiger partial charge is 0.252 e. The number of amides is 1. The normalized spacial score (nSPS) is 11.5. The van der Waals surface area contributed by atoms with Crippen molar-refractivity contribution in [1.29, 1.82) is 0 Å². The Kier molecular flexibility index (Phi) is 5.53. The maximum atomic E-state index is 12.5. The zero-order chi connectivity index (χ0) is 19.4. The zero-order valence-electron chi connectivity index (χ0n) is 15.2. The van der Waals surface area contributed by atoms with Gasteiger partial charge in [-0.15, -0.1) is 0 Å². The van der Waals surface area contributed by atoms with E-state index in [1.165, 1.54) is 0 Å². The standard InChI is InChI=1S/C20H21N3O3S/c1-14-7-9-16(10-8-14)27(25,26)22-12-11-21-20(24)18-13-15(2)23-19-6-4-3-5-17(18)19/h3-10,13,22H,11-12H2,1-2H3,(H,21,24). The maximum absolute atomic E-state index is 12.5. The van der Waals surface area contributed by atoms with Gasteiger partial charge in [0.05, 0.1) is 16.0 Å². The van der Waals surface area contributed by atoms with Crippen molar-refractivity contribution in [3.8, 4) is 0 Å². The number of para-hydroxylation sites is 1. The van der Waals surface area contributed by atoms with E-state index < -0.39 is 10.0 Å². The van der Waals surface area contributed by atoms with E-state index in [-0.39, 0.29) is 23.9 Å². The molecule has 0 saturated carbocycles. The van der Waals surface area contributed by atoms with Crippen molar-refractivity contribution in [2.45, 2.75) is 18.7 Å². The van der Waals surface area contributed by atoms with Crippen LogP contribution in [0.1, 0.15) is 21.6 Å². The number of hydrogen-bond donors (Lipinski definition) is 2. The summed E-state index contributed by atoms with van der Waals surface area (Å²) in [6, 6.07) is 15.8. The lowest BCUT2D eigenvalue weighted by Crippen LogP contribution is -2.34. The van der Waals surface area contributed by atoms with Crippen molar-refractivity contribution >= 4 is 26.8 Å². The molecule has 0 fully saturated rings. The van der Waals surface area contributed by atoms with Gasteiger partial charge in [0.15, 0.2) is 0 Å². The molecule has 0 unspecified atom stereocenters. The first kappa shape index (κ1) is 19.0. The van der Waals surface area contributed by atoms with Gasteiger partial charge >= 0.3 is 0 Å². The number of pyridine rings is 1. The van der Waals surface area contributed by atoms with Crippen LogP contribution < -0.4 is 10.0 Å². The van der Waals surface area contributed by atoms with Crippen molar-refractivity contribution < 1.29 is 13.2 Å². The summed E-state index contributed by atoms with van der Waals surface area (Å²) in [5, 5.41) is 3.52. The third-order valence-electron chi connectivity index (χ3n) is 4.12.